The standard InChI is InChI=1S/C19H22F2N2O2S/c1-22-11-12-23(14-19(22)16-6-8-17(20)9-7-16)26(24,25)13-10-15-4-2-3-5-18(15)21/h2-9,19H,10-14H2,1H3. The van der Waals surface area contributed by atoms with E-state index in [0.717, 1.165) is 5.56 Å². The first kappa shape index (κ1) is 18.9. The van der Waals surface area contributed by atoms with Gasteiger partial charge >= 0.3 is 0 Å². The summed E-state index contributed by atoms with van der Waals surface area (Å²) in [5, 5.41) is 0. The van der Waals surface area contributed by atoms with Gasteiger partial charge in [0.05, 0.1) is 5.75 Å². The number of likely N-dealkylation sites (N-methyl/N-ethyl adjacent to an activating group) is 1. The lowest BCUT2D eigenvalue weighted by Gasteiger charge is -2.39. The smallest absolute Gasteiger partial charge is 0.214 e. The molecule has 1 atom stereocenters. The highest BCUT2D eigenvalue weighted by Crippen LogP contribution is 2.26. The van der Waals surface area contributed by atoms with Gasteiger partial charge in [0.2, 0.25) is 10.0 Å². The van der Waals surface area contributed by atoms with E-state index in [0.29, 0.717) is 25.2 Å². The van der Waals surface area contributed by atoms with Crippen LogP contribution >= 0.6 is 0 Å². The van der Waals surface area contributed by atoms with E-state index < -0.39 is 10.0 Å². The van der Waals surface area contributed by atoms with Crippen LogP contribution in [0.3, 0.4) is 0 Å². The molecule has 1 aliphatic rings. The summed E-state index contributed by atoms with van der Waals surface area (Å²) >= 11 is 0. The van der Waals surface area contributed by atoms with Crippen molar-refractivity contribution in [3.8, 4) is 0 Å². The molecule has 1 aliphatic heterocycles. The minimum absolute atomic E-state index is 0.131. The van der Waals surface area contributed by atoms with Crippen molar-refractivity contribution in [2.75, 3.05) is 32.4 Å². The van der Waals surface area contributed by atoms with E-state index in [4.69, 9.17) is 0 Å². The van der Waals surface area contributed by atoms with Crippen molar-refractivity contribution in [2.24, 2.45) is 0 Å². The van der Waals surface area contributed by atoms with Crippen molar-refractivity contribution < 1.29 is 17.2 Å². The molecule has 0 spiro atoms. The van der Waals surface area contributed by atoms with Crippen molar-refractivity contribution in [3.05, 3.63) is 71.3 Å². The molecule has 1 heterocycles. The van der Waals surface area contributed by atoms with E-state index >= 15 is 0 Å². The Balaban J connectivity index is 1.71. The van der Waals surface area contributed by atoms with Crippen LogP contribution < -0.4 is 0 Å². The van der Waals surface area contributed by atoms with E-state index in [2.05, 4.69) is 4.90 Å². The summed E-state index contributed by atoms with van der Waals surface area (Å²) < 4.78 is 53.8. The molecular weight excluding hydrogens is 358 g/mol. The van der Waals surface area contributed by atoms with Gasteiger partial charge in [-0.3, -0.25) is 4.90 Å². The van der Waals surface area contributed by atoms with Crippen molar-refractivity contribution in [3.63, 3.8) is 0 Å². The van der Waals surface area contributed by atoms with Crippen molar-refractivity contribution in [1.82, 2.24) is 9.21 Å². The average molecular weight is 380 g/mol. The lowest BCUT2D eigenvalue weighted by Crippen LogP contribution is -2.49. The lowest BCUT2D eigenvalue weighted by atomic mass is 10.0. The number of nitrogens with zero attached hydrogens (tertiary/aromatic N) is 2. The third kappa shape index (κ3) is 4.28. The van der Waals surface area contributed by atoms with Crippen LogP contribution in [0.1, 0.15) is 17.2 Å². The van der Waals surface area contributed by atoms with Gasteiger partial charge in [0.25, 0.3) is 0 Å². The summed E-state index contributed by atoms with van der Waals surface area (Å²) in [6.45, 7) is 1.29. The minimum Gasteiger partial charge on any atom is -0.297 e. The van der Waals surface area contributed by atoms with Crippen LogP contribution in [0.4, 0.5) is 8.78 Å². The molecule has 1 unspecified atom stereocenters. The lowest BCUT2D eigenvalue weighted by molar-refractivity contribution is 0.148. The molecule has 7 heteroatoms. The zero-order valence-corrected chi connectivity index (χ0v) is 15.4. The molecule has 3 rings (SSSR count). The fourth-order valence-corrected chi connectivity index (χ4v) is 4.68. The van der Waals surface area contributed by atoms with Gasteiger partial charge in [0, 0.05) is 25.7 Å². The van der Waals surface area contributed by atoms with Gasteiger partial charge in [0.1, 0.15) is 11.6 Å². The van der Waals surface area contributed by atoms with E-state index in [1.165, 1.54) is 22.5 Å². The predicted molar refractivity (Wildman–Crippen MR) is 97.2 cm³/mol. The molecule has 2 aromatic carbocycles. The molecule has 1 fully saturated rings. The molecule has 4 nitrogen and oxygen atoms in total. The van der Waals surface area contributed by atoms with Crippen LogP contribution in [0.25, 0.3) is 0 Å². The molecule has 140 valence electrons. The quantitative estimate of drug-likeness (QED) is 0.801. The second-order valence-electron chi connectivity index (χ2n) is 6.56. The number of sulfonamides is 1. The summed E-state index contributed by atoms with van der Waals surface area (Å²) in [5.74, 6) is -0.833. The molecule has 26 heavy (non-hydrogen) atoms. The third-order valence-corrected chi connectivity index (χ3v) is 6.68. The maximum atomic E-state index is 13.7. The molecule has 0 saturated carbocycles. The average Bonchev–Trinajstić information content (AvgIpc) is 2.62. The summed E-state index contributed by atoms with van der Waals surface area (Å²) in [5.41, 5.74) is 1.28. The van der Waals surface area contributed by atoms with Crippen LogP contribution in [-0.4, -0.2) is 50.1 Å². The Hall–Kier alpha value is -1.83. The van der Waals surface area contributed by atoms with Crippen molar-refractivity contribution in [1.29, 1.82) is 0 Å². The maximum Gasteiger partial charge on any atom is 0.214 e. The fourth-order valence-electron chi connectivity index (χ4n) is 3.22. The normalized spacial score (nSPS) is 19.6. The van der Waals surface area contributed by atoms with Crippen LogP contribution in [0.2, 0.25) is 0 Å². The molecule has 0 aromatic heterocycles. The first-order valence-electron chi connectivity index (χ1n) is 8.54. The second kappa shape index (κ2) is 7.82. The zero-order valence-electron chi connectivity index (χ0n) is 14.6. The Labute approximate surface area is 153 Å². The molecule has 1 saturated heterocycles. The Bertz CT molecular complexity index is 856. The molecular formula is C19H22F2N2O2S. The van der Waals surface area contributed by atoms with E-state index in [9.17, 15) is 17.2 Å². The first-order valence-corrected chi connectivity index (χ1v) is 10.1. The van der Waals surface area contributed by atoms with Gasteiger partial charge < -0.3 is 0 Å². The number of hydrogen-bond donors (Lipinski definition) is 0. The van der Waals surface area contributed by atoms with E-state index in [1.54, 1.807) is 30.3 Å². The van der Waals surface area contributed by atoms with Gasteiger partial charge in [-0.2, -0.15) is 4.31 Å². The van der Waals surface area contributed by atoms with Crippen molar-refractivity contribution >= 4 is 10.0 Å². The monoisotopic (exact) mass is 380 g/mol. The largest absolute Gasteiger partial charge is 0.297 e. The second-order valence-corrected chi connectivity index (χ2v) is 8.65. The maximum absolute atomic E-state index is 13.7. The highest BCUT2D eigenvalue weighted by atomic mass is 32.2. The van der Waals surface area contributed by atoms with E-state index in [1.807, 2.05) is 7.05 Å². The van der Waals surface area contributed by atoms with Crippen LogP contribution in [0.5, 0.6) is 0 Å². The van der Waals surface area contributed by atoms with Gasteiger partial charge in [0.15, 0.2) is 0 Å². The third-order valence-electron chi connectivity index (χ3n) is 4.85. The fraction of sp³-hybridized carbons (Fsp3) is 0.368. The Morgan fingerprint density at radius 2 is 1.73 bits per heavy atom. The number of aryl methyl sites for hydroxylation is 1. The van der Waals surface area contributed by atoms with Crippen molar-refractivity contribution in [2.45, 2.75) is 12.5 Å². The Kier molecular flexibility index (Phi) is 5.70. The Morgan fingerprint density at radius 1 is 1.04 bits per heavy atom. The number of piperazine rings is 1. The highest BCUT2D eigenvalue weighted by molar-refractivity contribution is 7.89. The number of hydrogen-bond acceptors (Lipinski definition) is 3. The SMILES string of the molecule is CN1CCN(S(=O)(=O)CCc2ccccc2F)CC1c1ccc(F)cc1. The highest BCUT2D eigenvalue weighted by Gasteiger charge is 2.32. The molecule has 0 radical (unpaired) electrons. The van der Waals surface area contributed by atoms with E-state index in [-0.39, 0.29) is 29.8 Å². The van der Waals surface area contributed by atoms with Crippen LogP contribution in [0, 0.1) is 11.6 Å². The topological polar surface area (TPSA) is 40.6 Å². The molecule has 0 aliphatic carbocycles. The number of benzene rings is 2. The number of rotatable bonds is 5. The van der Waals surface area contributed by atoms with Gasteiger partial charge in [-0.25, -0.2) is 17.2 Å². The Morgan fingerprint density at radius 3 is 2.42 bits per heavy atom. The number of halogens is 2. The molecule has 0 N–H and O–H groups in total. The summed E-state index contributed by atoms with van der Waals surface area (Å²) in [7, 11) is -1.58. The zero-order chi connectivity index (χ0) is 18.7. The predicted octanol–water partition coefficient (Wildman–Crippen LogP) is 2.83. The summed E-state index contributed by atoms with van der Waals surface area (Å²) in [6.07, 6.45) is 0.141. The van der Waals surface area contributed by atoms with Crippen LogP contribution in [-0.2, 0) is 16.4 Å². The minimum atomic E-state index is -3.50. The van der Waals surface area contributed by atoms with Gasteiger partial charge in [-0.05, 0) is 42.8 Å². The van der Waals surface area contributed by atoms with Gasteiger partial charge in [-0.15, -0.1) is 0 Å². The summed E-state index contributed by atoms with van der Waals surface area (Å²) in [6, 6.07) is 12.2. The van der Waals surface area contributed by atoms with Crippen LogP contribution in [0.15, 0.2) is 48.5 Å². The summed E-state index contributed by atoms with van der Waals surface area (Å²) in [4.78, 5) is 2.07. The molecule has 0 bridgehead atoms. The van der Waals surface area contributed by atoms with Gasteiger partial charge in [-0.1, -0.05) is 30.3 Å². The molecule has 2 aromatic rings. The first-order chi connectivity index (χ1) is 12.4. The molecule has 0 amide bonds.